The molecule has 0 saturated carbocycles. The number of aryl methyl sites for hydroxylation is 1. The standard InChI is InChI=1S/C10H15N3O5/c1-5-3-11-8(18-5)6(2)12-10(17)13-7(4-14)9(15)16/h3,6-7,14H,4H2,1-2H3,(H,15,16)(H2,12,13,17). The van der Waals surface area contributed by atoms with Gasteiger partial charge in [-0.25, -0.2) is 14.6 Å². The van der Waals surface area contributed by atoms with Gasteiger partial charge in [-0.2, -0.15) is 0 Å². The molecule has 0 aliphatic rings. The fourth-order valence-electron chi connectivity index (χ4n) is 1.22. The molecule has 1 heterocycles. The highest BCUT2D eigenvalue weighted by Gasteiger charge is 2.20. The van der Waals surface area contributed by atoms with Crippen LogP contribution in [-0.2, 0) is 4.79 Å². The summed E-state index contributed by atoms with van der Waals surface area (Å²) in [5.74, 6) is -0.386. The second kappa shape index (κ2) is 6.01. The number of nitrogens with zero attached hydrogens (tertiary/aromatic N) is 1. The van der Waals surface area contributed by atoms with Gasteiger partial charge in [0.2, 0.25) is 5.89 Å². The van der Waals surface area contributed by atoms with Gasteiger partial charge < -0.3 is 25.3 Å². The van der Waals surface area contributed by atoms with E-state index in [1.807, 2.05) is 0 Å². The van der Waals surface area contributed by atoms with Crippen LogP contribution in [0.4, 0.5) is 4.79 Å². The minimum absolute atomic E-state index is 0.318. The molecule has 2 atom stereocenters. The van der Waals surface area contributed by atoms with E-state index in [1.54, 1.807) is 13.8 Å². The molecule has 2 amide bonds. The second-order valence-electron chi connectivity index (χ2n) is 3.72. The zero-order valence-corrected chi connectivity index (χ0v) is 10.0. The number of aliphatic carboxylic acids is 1. The smallest absolute Gasteiger partial charge is 0.328 e. The van der Waals surface area contributed by atoms with Crippen LogP contribution in [0.5, 0.6) is 0 Å². The molecule has 4 N–H and O–H groups in total. The number of oxazole rings is 1. The molecule has 0 radical (unpaired) electrons. The summed E-state index contributed by atoms with van der Waals surface area (Å²) in [6.45, 7) is 2.67. The lowest BCUT2D eigenvalue weighted by Gasteiger charge is -2.15. The van der Waals surface area contributed by atoms with E-state index in [2.05, 4.69) is 15.6 Å². The Morgan fingerprint density at radius 1 is 1.50 bits per heavy atom. The number of aliphatic hydroxyl groups excluding tert-OH is 1. The number of amides is 2. The molecule has 0 aromatic carbocycles. The summed E-state index contributed by atoms with van der Waals surface area (Å²) in [7, 11) is 0. The maximum Gasteiger partial charge on any atom is 0.328 e. The molecule has 0 saturated heterocycles. The van der Waals surface area contributed by atoms with Crippen LogP contribution in [-0.4, -0.2) is 39.8 Å². The van der Waals surface area contributed by atoms with E-state index < -0.39 is 30.7 Å². The second-order valence-corrected chi connectivity index (χ2v) is 3.72. The number of aliphatic hydroxyl groups is 1. The number of carbonyl (C=O) groups is 2. The number of rotatable bonds is 5. The van der Waals surface area contributed by atoms with Gasteiger partial charge in [-0.05, 0) is 13.8 Å². The third kappa shape index (κ3) is 3.74. The number of carbonyl (C=O) groups excluding carboxylic acids is 1. The first kappa shape index (κ1) is 14.0. The van der Waals surface area contributed by atoms with Gasteiger partial charge in [-0.3, -0.25) is 0 Å². The van der Waals surface area contributed by atoms with Crippen molar-refractivity contribution in [2.75, 3.05) is 6.61 Å². The summed E-state index contributed by atoms with van der Waals surface area (Å²) < 4.78 is 5.21. The Morgan fingerprint density at radius 3 is 2.61 bits per heavy atom. The molecule has 2 unspecified atom stereocenters. The molecule has 18 heavy (non-hydrogen) atoms. The van der Waals surface area contributed by atoms with Gasteiger partial charge in [-0.15, -0.1) is 0 Å². The van der Waals surface area contributed by atoms with Crippen molar-refractivity contribution in [2.24, 2.45) is 0 Å². The number of hydrogen-bond acceptors (Lipinski definition) is 5. The lowest BCUT2D eigenvalue weighted by Crippen LogP contribution is -2.48. The number of hydrogen-bond donors (Lipinski definition) is 4. The molecule has 0 aliphatic carbocycles. The third-order valence-electron chi connectivity index (χ3n) is 2.14. The van der Waals surface area contributed by atoms with Crippen molar-refractivity contribution in [3.8, 4) is 0 Å². The summed E-state index contributed by atoms with van der Waals surface area (Å²) in [6.07, 6.45) is 1.51. The van der Waals surface area contributed by atoms with Crippen molar-refractivity contribution in [2.45, 2.75) is 25.9 Å². The Hall–Kier alpha value is -2.09. The predicted molar refractivity (Wildman–Crippen MR) is 59.8 cm³/mol. The van der Waals surface area contributed by atoms with Crippen LogP contribution < -0.4 is 10.6 Å². The first-order valence-electron chi connectivity index (χ1n) is 5.27. The maximum atomic E-state index is 11.4. The van der Waals surface area contributed by atoms with Crippen molar-refractivity contribution in [1.29, 1.82) is 0 Å². The highest BCUT2D eigenvalue weighted by atomic mass is 16.4. The molecule has 100 valence electrons. The highest BCUT2D eigenvalue weighted by Crippen LogP contribution is 2.11. The Balaban J connectivity index is 2.52. The van der Waals surface area contributed by atoms with Crippen molar-refractivity contribution in [1.82, 2.24) is 15.6 Å². The van der Waals surface area contributed by atoms with Gasteiger partial charge in [0.1, 0.15) is 11.8 Å². The largest absolute Gasteiger partial charge is 0.480 e. The van der Waals surface area contributed by atoms with Crippen LogP contribution >= 0.6 is 0 Å². The summed E-state index contributed by atoms with van der Waals surface area (Å²) in [5.41, 5.74) is 0. The SMILES string of the molecule is Cc1cnc(C(C)NC(=O)NC(CO)C(=O)O)o1. The normalized spacial score (nSPS) is 13.7. The fraction of sp³-hybridized carbons (Fsp3) is 0.500. The predicted octanol–water partition coefficient (Wildman–Crippen LogP) is -0.211. The van der Waals surface area contributed by atoms with E-state index in [1.165, 1.54) is 6.20 Å². The molecule has 0 fully saturated rings. The van der Waals surface area contributed by atoms with Gasteiger partial charge in [0, 0.05) is 0 Å². The van der Waals surface area contributed by atoms with E-state index in [0.717, 1.165) is 0 Å². The fourth-order valence-corrected chi connectivity index (χ4v) is 1.22. The Labute approximate surface area is 103 Å². The number of carboxylic acids is 1. The van der Waals surface area contributed by atoms with Gasteiger partial charge in [0.25, 0.3) is 0 Å². The molecule has 8 nitrogen and oxygen atoms in total. The number of nitrogens with one attached hydrogen (secondary N) is 2. The third-order valence-corrected chi connectivity index (χ3v) is 2.14. The van der Waals surface area contributed by atoms with E-state index in [-0.39, 0.29) is 0 Å². The zero-order chi connectivity index (χ0) is 13.7. The van der Waals surface area contributed by atoms with Gasteiger partial charge >= 0.3 is 12.0 Å². The van der Waals surface area contributed by atoms with Gasteiger partial charge in [0.05, 0.1) is 12.8 Å². The Morgan fingerprint density at radius 2 is 2.17 bits per heavy atom. The van der Waals surface area contributed by atoms with Gasteiger partial charge in [0.15, 0.2) is 6.04 Å². The zero-order valence-electron chi connectivity index (χ0n) is 10.0. The van der Waals surface area contributed by atoms with E-state index >= 15 is 0 Å². The average molecular weight is 257 g/mol. The minimum Gasteiger partial charge on any atom is -0.480 e. The van der Waals surface area contributed by atoms with Crippen LogP contribution in [0.1, 0.15) is 24.6 Å². The van der Waals surface area contributed by atoms with Crippen LogP contribution in [0.2, 0.25) is 0 Å². The summed E-state index contributed by atoms with van der Waals surface area (Å²) >= 11 is 0. The quantitative estimate of drug-likeness (QED) is 0.578. The molecule has 0 bridgehead atoms. The van der Waals surface area contributed by atoms with Crippen molar-refractivity contribution < 1.29 is 24.2 Å². The molecular formula is C10H15N3O5. The van der Waals surface area contributed by atoms with Crippen molar-refractivity contribution in [3.63, 3.8) is 0 Å². The first-order valence-corrected chi connectivity index (χ1v) is 5.27. The molecule has 1 aromatic heterocycles. The molecule has 0 aliphatic heterocycles. The summed E-state index contributed by atoms with van der Waals surface area (Å²) in [5, 5.41) is 21.9. The lowest BCUT2D eigenvalue weighted by atomic mass is 10.3. The summed E-state index contributed by atoms with van der Waals surface area (Å²) in [6, 6.07) is -2.57. The molecule has 1 aromatic rings. The Kier molecular flexibility index (Phi) is 4.67. The molecule has 1 rings (SSSR count). The summed E-state index contributed by atoms with van der Waals surface area (Å²) in [4.78, 5) is 26.0. The highest BCUT2D eigenvalue weighted by molar-refractivity contribution is 5.82. The van der Waals surface area contributed by atoms with Crippen molar-refractivity contribution in [3.05, 3.63) is 17.8 Å². The average Bonchev–Trinajstić information content (AvgIpc) is 2.72. The lowest BCUT2D eigenvalue weighted by molar-refractivity contribution is -0.140. The van der Waals surface area contributed by atoms with E-state index in [0.29, 0.717) is 11.7 Å². The van der Waals surface area contributed by atoms with Crippen LogP contribution in [0.25, 0.3) is 0 Å². The molecule has 8 heteroatoms. The van der Waals surface area contributed by atoms with E-state index in [4.69, 9.17) is 14.6 Å². The Bertz CT molecular complexity index is 431. The van der Waals surface area contributed by atoms with E-state index in [9.17, 15) is 9.59 Å². The molecule has 0 spiro atoms. The number of aromatic nitrogens is 1. The van der Waals surface area contributed by atoms with Gasteiger partial charge in [-0.1, -0.05) is 0 Å². The van der Waals surface area contributed by atoms with Crippen molar-refractivity contribution >= 4 is 12.0 Å². The number of carboxylic acid groups (broad SMARTS) is 1. The first-order chi connectivity index (χ1) is 8.43. The van der Waals surface area contributed by atoms with Crippen LogP contribution in [0.15, 0.2) is 10.6 Å². The monoisotopic (exact) mass is 257 g/mol. The van der Waals surface area contributed by atoms with Crippen LogP contribution in [0.3, 0.4) is 0 Å². The molecular weight excluding hydrogens is 242 g/mol. The number of urea groups is 1. The minimum atomic E-state index is -1.34. The maximum absolute atomic E-state index is 11.4. The topological polar surface area (TPSA) is 125 Å². The van der Waals surface area contributed by atoms with Crippen LogP contribution in [0, 0.1) is 6.92 Å².